The van der Waals surface area contributed by atoms with E-state index >= 15 is 0 Å². The summed E-state index contributed by atoms with van der Waals surface area (Å²) in [5, 5.41) is 4.12. The van der Waals surface area contributed by atoms with Crippen LogP contribution in [0.2, 0.25) is 5.15 Å². The maximum atomic E-state index is 5.73. The van der Waals surface area contributed by atoms with Gasteiger partial charge < -0.3 is 5.32 Å². The monoisotopic (exact) mass is 238 g/mol. The summed E-state index contributed by atoms with van der Waals surface area (Å²) in [6, 6.07) is 4.54. The minimum Gasteiger partial charge on any atom is -0.314 e. The van der Waals surface area contributed by atoms with Crippen molar-refractivity contribution >= 4 is 11.6 Å². The Balaban J connectivity index is 1.64. The molecular weight excluding hydrogens is 220 g/mol. The number of hydrogen-bond acceptors (Lipinski definition) is 2. The van der Waals surface area contributed by atoms with E-state index in [0.717, 1.165) is 18.9 Å². The summed E-state index contributed by atoms with van der Waals surface area (Å²) in [5.74, 6) is 1.000. The van der Waals surface area contributed by atoms with Crippen molar-refractivity contribution in [3.8, 4) is 0 Å². The number of aromatic nitrogens is 1. The fourth-order valence-corrected chi connectivity index (χ4v) is 2.07. The average molecular weight is 239 g/mol. The summed E-state index contributed by atoms with van der Waals surface area (Å²) in [4.78, 5) is 4.07. The Bertz CT molecular complexity index is 319. The second-order valence-corrected chi connectivity index (χ2v) is 5.16. The maximum Gasteiger partial charge on any atom is 0.129 e. The first-order valence-electron chi connectivity index (χ1n) is 6.08. The number of halogens is 1. The molecular formula is C13H19ClN2. The predicted molar refractivity (Wildman–Crippen MR) is 67.8 cm³/mol. The van der Waals surface area contributed by atoms with Crippen molar-refractivity contribution in [2.75, 3.05) is 6.54 Å². The van der Waals surface area contributed by atoms with Crippen molar-refractivity contribution in [2.45, 2.75) is 38.6 Å². The Morgan fingerprint density at radius 3 is 2.94 bits per heavy atom. The van der Waals surface area contributed by atoms with E-state index in [0.29, 0.717) is 11.2 Å². The second kappa shape index (κ2) is 5.65. The molecule has 3 heteroatoms. The molecule has 0 bridgehead atoms. The molecule has 88 valence electrons. The van der Waals surface area contributed by atoms with Gasteiger partial charge in [-0.3, -0.25) is 0 Å². The van der Waals surface area contributed by atoms with Crippen LogP contribution < -0.4 is 5.32 Å². The highest BCUT2D eigenvalue weighted by Gasteiger charge is 2.22. The Labute approximate surface area is 102 Å². The Morgan fingerprint density at radius 1 is 1.50 bits per heavy atom. The van der Waals surface area contributed by atoms with Crippen molar-refractivity contribution in [2.24, 2.45) is 5.92 Å². The summed E-state index contributed by atoms with van der Waals surface area (Å²) in [5.41, 5.74) is 1.25. The molecule has 16 heavy (non-hydrogen) atoms. The zero-order valence-corrected chi connectivity index (χ0v) is 10.5. The van der Waals surface area contributed by atoms with Crippen LogP contribution in [-0.2, 0) is 6.42 Å². The highest BCUT2D eigenvalue weighted by molar-refractivity contribution is 6.29. The van der Waals surface area contributed by atoms with Crippen LogP contribution in [0.15, 0.2) is 18.3 Å². The highest BCUT2D eigenvalue weighted by atomic mass is 35.5. The fraction of sp³-hybridized carbons (Fsp3) is 0.615. The molecule has 0 radical (unpaired) electrons. The Hall–Kier alpha value is -0.600. The minimum absolute atomic E-state index is 0.568. The normalized spacial score (nSPS) is 17.4. The van der Waals surface area contributed by atoms with E-state index in [-0.39, 0.29) is 0 Å². The smallest absolute Gasteiger partial charge is 0.129 e. The number of nitrogens with one attached hydrogen (secondary N) is 1. The van der Waals surface area contributed by atoms with Gasteiger partial charge in [0.15, 0.2) is 0 Å². The predicted octanol–water partition coefficient (Wildman–Crippen LogP) is 3.06. The third-order valence-electron chi connectivity index (χ3n) is 3.08. The molecule has 1 unspecified atom stereocenters. The van der Waals surface area contributed by atoms with Gasteiger partial charge in [-0.05, 0) is 43.9 Å². The van der Waals surface area contributed by atoms with Gasteiger partial charge in [0.25, 0.3) is 0 Å². The van der Waals surface area contributed by atoms with Crippen molar-refractivity contribution in [3.05, 3.63) is 29.0 Å². The van der Waals surface area contributed by atoms with Crippen LogP contribution in [0.5, 0.6) is 0 Å². The van der Waals surface area contributed by atoms with Crippen molar-refractivity contribution in [1.29, 1.82) is 0 Å². The molecule has 0 aromatic carbocycles. The fourth-order valence-electron chi connectivity index (χ4n) is 1.95. The minimum atomic E-state index is 0.568. The van der Waals surface area contributed by atoms with E-state index in [9.17, 15) is 0 Å². The topological polar surface area (TPSA) is 24.9 Å². The van der Waals surface area contributed by atoms with Crippen LogP contribution in [0.3, 0.4) is 0 Å². The van der Waals surface area contributed by atoms with Crippen LogP contribution in [0, 0.1) is 5.92 Å². The van der Waals surface area contributed by atoms with Gasteiger partial charge in [0.05, 0.1) is 0 Å². The number of hydrogen-bond donors (Lipinski definition) is 1. The molecule has 1 N–H and O–H groups in total. The first kappa shape index (κ1) is 11.9. The first-order valence-corrected chi connectivity index (χ1v) is 6.45. The van der Waals surface area contributed by atoms with E-state index in [1.807, 2.05) is 18.3 Å². The SMILES string of the molecule is CC(CC1CC1)NCCc1ccc(Cl)nc1. The molecule has 1 atom stereocenters. The number of nitrogens with zero attached hydrogens (tertiary/aromatic N) is 1. The molecule has 0 amide bonds. The van der Waals surface area contributed by atoms with E-state index in [1.165, 1.54) is 24.8 Å². The molecule has 0 spiro atoms. The third-order valence-corrected chi connectivity index (χ3v) is 3.30. The second-order valence-electron chi connectivity index (χ2n) is 4.77. The molecule has 0 aliphatic heterocycles. The van der Waals surface area contributed by atoms with Crippen LogP contribution >= 0.6 is 11.6 Å². The van der Waals surface area contributed by atoms with Gasteiger partial charge in [0.1, 0.15) is 5.15 Å². The molecule has 1 aliphatic carbocycles. The van der Waals surface area contributed by atoms with Crippen molar-refractivity contribution < 1.29 is 0 Å². The van der Waals surface area contributed by atoms with Crippen LogP contribution in [0.25, 0.3) is 0 Å². The van der Waals surface area contributed by atoms with E-state index in [4.69, 9.17) is 11.6 Å². The quantitative estimate of drug-likeness (QED) is 0.771. The molecule has 2 rings (SSSR count). The first-order chi connectivity index (χ1) is 7.74. The molecule has 0 saturated heterocycles. The van der Waals surface area contributed by atoms with Crippen LogP contribution in [0.4, 0.5) is 0 Å². The van der Waals surface area contributed by atoms with Gasteiger partial charge in [-0.2, -0.15) is 0 Å². The van der Waals surface area contributed by atoms with Gasteiger partial charge in [-0.15, -0.1) is 0 Å². The summed E-state index contributed by atoms with van der Waals surface area (Å²) in [6.07, 6.45) is 7.09. The van der Waals surface area contributed by atoms with Gasteiger partial charge in [0, 0.05) is 12.2 Å². The van der Waals surface area contributed by atoms with Gasteiger partial charge in [0.2, 0.25) is 0 Å². The van der Waals surface area contributed by atoms with E-state index in [2.05, 4.69) is 17.2 Å². The molecule has 1 aliphatic rings. The van der Waals surface area contributed by atoms with E-state index < -0.39 is 0 Å². The number of rotatable bonds is 6. The lowest BCUT2D eigenvalue weighted by Crippen LogP contribution is -2.28. The highest BCUT2D eigenvalue weighted by Crippen LogP contribution is 2.33. The Morgan fingerprint density at radius 2 is 2.31 bits per heavy atom. The Kier molecular flexibility index (Phi) is 4.19. The summed E-state index contributed by atoms with van der Waals surface area (Å²) < 4.78 is 0. The summed E-state index contributed by atoms with van der Waals surface area (Å²) in [7, 11) is 0. The largest absolute Gasteiger partial charge is 0.314 e. The summed E-state index contributed by atoms with van der Waals surface area (Å²) >= 11 is 5.73. The lowest BCUT2D eigenvalue weighted by Gasteiger charge is -2.12. The van der Waals surface area contributed by atoms with E-state index in [1.54, 1.807) is 0 Å². The molecule has 1 fully saturated rings. The standard InChI is InChI=1S/C13H19ClN2/c1-10(8-11-2-3-11)15-7-6-12-4-5-13(14)16-9-12/h4-5,9-11,15H,2-3,6-8H2,1H3. The molecule has 1 saturated carbocycles. The zero-order valence-electron chi connectivity index (χ0n) is 9.75. The zero-order chi connectivity index (χ0) is 11.4. The summed E-state index contributed by atoms with van der Waals surface area (Å²) in [6.45, 7) is 3.30. The third kappa shape index (κ3) is 4.11. The van der Waals surface area contributed by atoms with Crippen molar-refractivity contribution in [3.63, 3.8) is 0 Å². The molecule has 1 heterocycles. The van der Waals surface area contributed by atoms with Crippen LogP contribution in [-0.4, -0.2) is 17.6 Å². The van der Waals surface area contributed by atoms with Crippen LogP contribution in [0.1, 0.15) is 31.7 Å². The van der Waals surface area contributed by atoms with Gasteiger partial charge in [-0.1, -0.05) is 30.5 Å². The van der Waals surface area contributed by atoms with Crippen molar-refractivity contribution in [1.82, 2.24) is 10.3 Å². The molecule has 1 aromatic rings. The maximum absolute atomic E-state index is 5.73. The average Bonchev–Trinajstić information content (AvgIpc) is 3.05. The lowest BCUT2D eigenvalue weighted by molar-refractivity contribution is 0.491. The molecule has 2 nitrogen and oxygen atoms in total. The molecule has 1 aromatic heterocycles. The van der Waals surface area contributed by atoms with Gasteiger partial charge in [-0.25, -0.2) is 4.98 Å². The van der Waals surface area contributed by atoms with Gasteiger partial charge >= 0.3 is 0 Å². The number of pyridine rings is 1. The lowest BCUT2D eigenvalue weighted by atomic mass is 10.1.